The number of hydrogen-bond donors (Lipinski definition) is 4. The number of aryl methyl sites for hydroxylation is 1. The van der Waals surface area contributed by atoms with Crippen LogP contribution in [0.25, 0.3) is 0 Å². The lowest BCUT2D eigenvalue weighted by Crippen LogP contribution is -3.05. The van der Waals surface area contributed by atoms with Gasteiger partial charge in [0, 0.05) is 18.5 Å². The van der Waals surface area contributed by atoms with Gasteiger partial charge in [0.15, 0.2) is 5.11 Å². The van der Waals surface area contributed by atoms with E-state index in [9.17, 15) is 4.79 Å². The average Bonchev–Trinajstić information content (AvgIpc) is 2.49. The number of amides is 1. The van der Waals surface area contributed by atoms with E-state index >= 15 is 0 Å². The number of hydrogen-bond acceptors (Lipinski definition) is 2. The Kier molecular flexibility index (Phi) is 7.71. The fourth-order valence-electron chi connectivity index (χ4n) is 1.77. The number of benzene rings is 1. The topological polar surface area (TPSA) is 57.6 Å². The van der Waals surface area contributed by atoms with Crippen LogP contribution in [0.15, 0.2) is 24.3 Å². The van der Waals surface area contributed by atoms with Crippen molar-refractivity contribution in [1.29, 1.82) is 0 Å². The lowest BCUT2D eigenvalue weighted by atomic mass is 10.1. The number of hydrazine groups is 1. The first-order chi connectivity index (χ1) is 10.0. The molecule has 1 amide bonds. The van der Waals surface area contributed by atoms with E-state index in [2.05, 4.69) is 37.2 Å². The maximum absolute atomic E-state index is 11.9. The third-order valence-corrected chi connectivity index (χ3v) is 3.30. The van der Waals surface area contributed by atoms with Gasteiger partial charge in [-0.1, -0.05) is 19.1 Å². The van der Waals surface area contributed by atoms with Crippen LogP contribution in [0.2, 0.25) is 0 Å². The molecule has 0 saturated heterocycles. The maximum Gasteiger partial charge on any atom is 0.269 e. The third-order valence-electron chi connectivity index (χ3n) is 3.05. The van der Waals surface area contributed by atoms with Crippen molar-refractivity contribution in [1.82, 2.24) is 16.2 Å². The van der Waals surface area contributed by atoms with Gasteiger partial charge in [-0.2, -0.15) is 0 Å². The Morgan fingerprint density at radius 3 is 2.43 bits per heavy atom. The normalized spacial score (nSPS) is 10.3. The summed E-state index contributed by atoms with van der Waals surface area (Å²) in [6, 6.07) is 7.53. The van der Waals surface area contributed by atoms with Gasteiger partial charge in [0.2, 0.25) is 0 Å². The van der Waals surface area contributed by atoms with E-state index in [-0.39, 0.29) is 5.91 Å². The minimum atomic E-state index is -0.195. The highest BCUT2D eigenvalue weighted by Gasteiger charge is 2.05. The SMILES string of the molecule is CCc1ccc(C(=O)NNC(=S)NCCC[NH+](C)C)cc1. The van der Waals surface area contributed by atoms with E-state index < -0.39 is 0 Å². The van der Waals surface area contributed by atoms with Crippen molar-refractivity contribution in [2.45, 2.75) is 19.8 Å². The molecule has 0 spiro atoms. The number of quaternary nitrogens is 1. The van der Waals surface area contributed by atoms with Crippen molar-refractivity contribution < 1.29 is 9.69 Å². The van der Waals surface area contributed by atoms with Crippen LogP contribution in [0.4, 0.5) is 0 Å². The van der Waals surface area contributed by atoms with Gasteiger partial charge in [-0.25, -0.2) is 0 Å². The van der Waals surface area contributed by atoms with Crippen molar-refractivity contribution in [2.24, 2.45) is 0 Å². The Morgan fingerprint density at radius 2 is 1.86 bits per heavy atom. The summed E-state index contributed by atoms with van der Waals surface area (Å²) in [5, 5.41) is 3.49. The molecule has 0 radical (unpaired) electrons. The van der Waals surface area contributed by atoms with Crippen LogP contribution < -0.4 is 21.1 Å². The quantitative estimate of drug-likeness (QED) is 0.337. The zero-order valence-corrected chi connectivity index (χ0v) is 13.8. The van der Waals surface area contributed by atoms with Crippen LogP contribution in [-0.2, 0) is 6.42 Å². The molecule has 1 aromatic rings. The molecule has 4 N–H and O–H groups in total. The summed E-state index contributed by atoms with van der Waals surface area (Å²) in [6.45, 7) is 3.95. The van der Waals surface area contributed by atoms with Gasteiger partial charge in [-0.05, 0) is 36.3 Å². The molecule has 0 aliphatic heterocycles. The van der Waals surface area contributed by atoms with Crippen LogP contribution in [0, 0.1) is 0 Å². The largest absolute Gasteiger partial charge is 0.361 e. The molecule has 0 unspecified atom stereocenters. The number of nitrogens with one attached hydrogen (secondary N) is 4. The molecule has 1 aromatic carbocycles. The molecule has 0 atom stereocenters. The lowest BCUT2D eigenvalue weighted by molar-refractivity contribution is -0.858. The van der Waals surface area contributed by atoms with E-state index in [0.717, 1.165) is 25.9 Å². The Balaban J connectivity index is 2.26. The summed E-state index contributed by atoms with van der Waals surface area (Å²) in [4.78, 5) is 13.3. The van der Waals surface area contributed by atoms with Gasteiger partial charge in [0.05, 0.1) is 20.6 Å². The third kappa shape index (κ3) is 7.06. The second-order valence-corrected chi connectivity index (χ2v) is 5.60. The Bertz CT molecular complexity index is 459. The molecule has 0 heterocycles. The van der Waals surface area contributed by atoms with Crippen LogP contribution in [0.5, 0.6) is 0 Å². The minimum Gasteiger partial charge on any atom is -0.361 e. The predicted octanol–water partition coefficient (Wildman–Crippen LogP) is -0.107. The Labute approximate surface area is 132 Å². The van der Waals surface area contributed by atoms with Crippen molar-refractivity contribution in [3.8, 4) is 0 Å². The fraction of sp³-hybridized carbons (Fsp3) is 0.467. The average molecular weight is 309 g/mol. The highest BCUT2D eigenvalue weighted by Crippen LogP contribution is 2.04. The number of carbonyl (C=O) groups is 1. The van der Waals surface area contributed by atoms with Gasteiger partial charge in [-0.15, -0.1) is 0 Å². The van der Waals surface area contributed by atoms with Gasteiger partial charge < -0.3 is 10.2 Å². The first-order valence-corrected chi connectivity index (χ1v) is 7.66. The molecular formula is C15H25N4OS+. The molecule has 1 rings (SSSR count). The zero-order valence-electron chi connectivity index (χ0n) is 13.0. The summed E-state index contributed by atoms with van der Waals surface area (Å²) in [7, 11) is 4.22. The molecule has 0 aliphatic rings. The second-order valence-electron chi connectivity index (χ2n) is 5.20. The van der Waals surface area contributed by atoms with Gasteiger partial charge in [0.1, 0.15) is 0 Å². The van der Waals surface area contributed by atoms with Crippen molar-refractivity contribution in [2.75, 3.05) is 27.2 Å². The zero-order chi connectivity index (χ0) is 15.7. The van der Waals surface area contributed by atoms with Crippen LogP contribution >= 0.6 is 12.2 Å². The number of thiocarbonyl (C=S) groups is 1. The molecule has 5 nitrogen and oxygen atoms in total. The monoisotopic (exact) mass is 309 g/mol. The predicted molar refractivity (Wildman–Crippen MR) is 89.3 cm³/mol. The summed E-state index contributed by atoms with van der Waals surface area (Å²) < 4.78 is 0. The summed E-state index contributed by atoms with van der Waals surface area (Å²) in [5.41, 5.74) is 7.12. The van der Waals surface area contributed by atoms with Crippen LogP contribution in [0.3, 0.4) is 0 Å². The van der Waals surface area contributed by atoms with Crippen molar-refractivity contribution >= 4 is 23.2 Å². The molecule has 21 heavy (non-hydrogen) atoms. The van der Waals surface area contributed by atoms with E-state index in [1.807, 2.05) is 24.3 Å². The number of carbonyl (C=O) groups excluding carboxylic acids is 1. The molecule has 0 saturated carbocycles. The van der Waals surface area contributed by atoms with Crippen molar-refractivity contribution in [3.63, 3.8) is 0 Å². The van der Waals surface area contributed by atoms with Gasteiger partial charge in [0.25, 0.3) is 5.91 Å². The van der Waals surface area contributed by atoms with Crippen LogP contribution in [0.1, 0.15) is 29.3 Å². The first-order valence-electron chi connectivity index (χ1n) is 7.25. The van der Waals surface area contributed by atoms with E-state index in [1.165, 1.54) is 10.5 Å². The van der Waals surface area contributed by atoms with E-state index in [4.69, 9.17) is 12.2 Å². The van der Waals surface area contributed by atoms with Gasteiger partial charge >= 0.3 is 0 Å². The molecule has 0 fully saturated rings. The molecule has 116 valence electrons. The van der Waals surface area contributed by atoms with E-state index in [1.54, 1.807) is 0 Å². The number of rotatable bonds is 6. The highest BCUT2D eigenvalue weighted by atomic mass is 32.1. The standard InChI is InChI=1S/C15H24N4OS/c1-4-12-6-8-13(9-7-12)14(20)17-18-15(21)16-10-5-11-19(2)3/h6-9H,4-5,10-11H2,1-3H3,(H,17,20)(H2,16,18,21)/p+1. The molecule has 6 heteroatoms. The smallest absolute Gasteiger partial charge is 0.269 e. The molecule has 0 bridgehead atoms. The van der Waals surface area contributed by atoms with Gasteiger partial charge in [-0.3, -0.25) is 15.6 Å². The summed E-state index contributed by atoms with van der Waals surface area (Å²) >= 11 is 5.10. The fourth-order valence-corrected chi connectivity index (χ4v) is 1.92. The molecular weight excluding hydrogens is 284 g/mol. The second kappa shape index (κ2) is 9.31. The Morgan fingerprint density at radius 1 is 1.19 bits per heavy atom. The van der Waals surface area contributed by atoms with Crippen LogP contribution in [-0.4, -0.2) is 38.2 Å². The highest BCUT2D eigenvalue weighted by molar-refractivity contribution is 7.80. The summed E-state index contributed by atoms with van der Waals surface area (Å²) in [5.74, 6) is -0.195. The van der Waals surface area contributed by atoms with E-state index in [0.29, 0.717) is 10.7 Å². The maximum atomic E-state index is 11.9. The Hall–Kier alpha value is -1.66. The lowest BCUT2D eigenvalue weighted by Gasteiger charge is -2.12. The summed E-state index contributed by atoms with van der Waals surface area (Å²) in [6.07, 6.45) is 1.99. The molecule has 0 aromatic heterocycles. The first kappa shape index (κ1) is 17.4. The van der Waals surface area contributed by atoms with Crippen molar-refractivity contribution in [3.05, 3.63) is 35.4 Å². The minimum absolute atomic E-state index is 0.195. The molecule has 0 aliphatic carbocycles.